The number of rotatable bonds is 13. The molecular formula is C33H37N5O4S. The Hall–Kier alpha value is -4.38. The number of amides is 2. The van der Waals surface area contributed by atoms with Crippen LogP contribution in [0.3, 0.4) is 0 Å². The van der Waals surface area contributed by atoms with Crippen molar-refractivity contribution in [3.8, 4) is 0 Å². The lowest BCUT2D eigenvalue weighted by Crippen LogP contribution is -2.48. The number of nitrogens with one attached hydrogen (secondary N) is 2. The molecule has 4 rings (SSSR count). The molecule has 2 amide bonds. The summed E-state index contributed by atoms with van der Waals surface area (Å²) < 4.78 is 0.743. The molecular weight excluding hydrogens is 562 g/mol. The van der Waals surface area contributed by atoms with E-state index in [4.69, 9.17) is 0 Å². The quantitative estimate of drug-likeness (QED) is 0.158. The molecule has 0 aliphatic rings. The minimum atomic E-state index is -0.939. The van der Waals surface area contributed by atoms with Crippen molar-refractivity contribution in [3.63, 3.8) is 0 Å². The number of aromatic nitrogens is 2. The highest BCUT2D eigenvalue weighted by molar-refractivity contribution is 7.09. The molecule has 9 nitrogen and oxygen atoms in total. The third-order valence-electron chi connectivity index (χ3n) is 6.91. The van der Waals surface area contributed by atoms with Crippen LogP contribution in [-0.4, -0.2) is 52.5 Å². The van der Waals surface area contributed by atoms with E-state index in [1.807, 2.05) is 55.6 Å². The first-order valence-electron chi connectivity index (χ1n) is 14.0. The van der Waals surface area contributed by atoms with E-state index < -0.39 is 18.1 Å². The van der Waals surface area contributed by atoms with Gasteiger partial charge in [-0.15, -0.1) is 11.3 Å². The van der Waals surface area contributed by atoms with Gasteiger partial charge < -0.3 is 25.8 Å². The molecule has 4 aromatic rings. The predicted octanol–water partition coefficient (Wildman–Crippen LogP) is 3.88. The fourth-order valence-corrected chi connectivity index (χ4v) is 5.44. The van der Waals surface area contributed by atoms with E-state index in [9.17, 15) is 19.9 Å². The second-order valence-electron chi connectivity index (χ2n) is 10.7. The maximum Gasteiger partial charge on any atom is 0.253 e. The van der Waals surface area contributed by atoms with E-state index in [2.05, 4.69) is 22.2 Å². The third kappa shape index (κ3) is 9.05. The van der Waals surface area contributed by atoms with Gasteiger partial charge in [0, 0.05) is 53.5 Å². The van der Waals surface area contributed by atoms with Crippen molar-refractivity contribution in [3.05, 3.63) is 129 Å². The summed E-state index contributed by atoms with van der Waals surface area (Å²) in [6, 6.07) is 17.4. The molecule has 2 aromatic carbocycles. The normalized spacial score (nSPS) is 12.4. The summed E-state index contributed by atoms with van der Waals surface area (Å²) in [4.78, 5) is 32.5. The number of hydrogen-bond donors (Lipinski definition) is 3. The summed E-state index contributed by atoms with van der Waals surface area (Å²) in [6.45, 7) is 8.54. The number of aliphatic hydroxyl groups excluding tert-OH is 1. The lowest BCUT2D eigenvalue weighted by molar-refractivity contribution is -0.606. The topological polar surface area (TPSA) is 122 Å². The summed E-state index contributed by atoms with van der Waals surface area (Å²) >= 11 is 1.50. The molecule has 224 valence electrons. The summed E-state index contributed by atoms with van der Waals surface area (Å²) in [6.07, 6.45) is 2.40. The van der Waals surface area contributed by atoms with Gasteiger partial charge in [-0.3, -0.25) is 9.59 Å². The second kappa shape index (κ2) is 14.7. The van der Waals surface area contributed by atoms with Crippen LogP contribution in [-0.2, 0) is 19.5 Å². The second-order valence-corrected chi connectivity index (χ2v) is 11.6. The molecule has 0 unspecified atom stereocenters. The molecule has 0 aliphatic carbocycles. The number of carbonyl (C=O) groups is 2. The van der Waals surface area contributed by atoms with Crippen molar-refractivity contribution in [1.29, 1.82) is 0 Å². The Balaban J connectivity index is 1.43. The van der Waals surface area contributed by atoms with Crippen LogP contribution >= 0.6 is 11.3 Å². The lowest BCUT2D eigenvalue weighted by atomic mass is 10.00. The first-order valence-corrected chi connectivity index (χ1v) is 14.9. The zero-order valence-electron chi connectivity index (χ0n) is 24.6. The van der Waals surface area contributed by atoms with Gasteiger partial charge in [-0.25, -0.2) is 4.98 Å². The van der Waals surface area contributed by atoms with Crippen LogP contribution in [0.5, 0.6) is 0 Å². The highest BCUT2D eigenvalue weighted by Gasteiger charge is 2.23. The highest BCUT2D eigenvalue weighted by atomic mass is 32.1. The number of carbonyl (C=O) groups excluding carboxylic acids is 2. The smallest absolute Gasteiger partial charge is 0.253 e. The van der Waals surface area contributed by atoms with Gasteiger partial charge in [0.25, 0.3) is 11.8 Å². The van der Waals surface area contributed by atoms with Gasteiger partial charge in [-0.05, 0) is 55.7 Å². The Bertz CT molecular complexity index is 1570. The molecule has 0 bridgehead atoms. The third-order valence-corrected chi connectivity index (χ3v) is 7.86. The Labute approximate surface area is 256 Å². The van der Waals surface area contributed by atoms with Gasteiger partial charge in [0.15, 0.2) is 12.4 Å². The average Bonchev–Trinajstić information content (AvgIpc) is 3.40. The highest BCUT2D eigenvalue weighted by Crippen LogP contribution is 2.15. The molecule has 2 heterocycles. The molecule has 3 N–H and O–H groups in total. The molecule has 2 atom stereocenters. The van der Waals surface area contributed by atoms with Crippen LogP contribution in [0.2, 0.25) is 0 Å². The summed E-state index contributed by atoms with van der Waals surface area (Å²) in [5.41, 5.74) is 4.85. The van der Waals surface area contributed by atoms with Crippen LogP contribution in [0, 0.1) is 12.1 Å². The average molecular weight is 600 g/mol. The lowest BCUT2D eigenvalue weighted by Gasteiger charge is -2.25. The summed E-state index contributed by atoms with van der Waals surface area (Å²) in [5.74, 6) is -0.614. The monoisotopic (exact) mass is 599 g/mol. The fraction of sp³-hybridized carbons (Fsp3) is 0.273. The van der Waals surface area contributed by atoms with Crippen molar-refractivity contribution >= 4 is 28.7 Å². The van der Waals surface area contributed by atoms with E-state index in [-0.39, 0.29) is 12.5 Å². The van der Waals surface area contributed by atoms with E-state index in [1.54, 1.807) is 36.2 Å². The van der Waals surface area contributed by atoms with Gasteiger partial charge in [-0.2, -0.15) is 4.73 Å². The number of hydrogen-bond acceptors (Lipinski definition) is 7. The minimum absolute atomic E-state index is 0.174. The number of aliphatic hydroxyl groups is 1. The van der Waals surface area contributed by atoms with E-state index in [1.165, 1.54) is 23.7 Å². The van der Waals surface area contributed by atoms with Crippen molar-refractivity contribution in [2.45, 2.75) is 45.5 Å². The number of allylic oxidation sites excluding steroid dienone is 1. The Morgan fingerprint density at radius 3 is 2.51 bits per heavy atom. The maximum atomic E-state index is 13.4. The van der Waals surface area contributed by atoms with Crippen LogP contribution in [0.4, 0.5) is 0 Å². The van der Waals surface area contributed by atoms with Gasteiger partial charge in [-0.1, -0.05) is 43.0 Å². The van der Waals surface area contributed by atoms with Crippen molar-refractivity contribution in [2.24, 2.45) is 0 Å². The number of aryl methyl sites for hydroxylation is 1. The molecule has 0 spiro atoms. The SMILES string of the molecule is C=C(C)c1cc(CNC[C@@H](O)[C@H](Cc2ccccc2)NC(=O)c2cccc(C(=O)N(C)Cc3nc(C)cs3)c2)c[n+]([O-])c1. The molecule has 43 heavy (non-hydrogen) atoms. The van der Waals surface area contributed by atoms with Gasteiger partial charge >= 0.3 is 0 Å². The first kappa shape index (κ1) is 31.6. The summed E-state index contributed by atoms with van der Waals surface area (Å²) in [7, 11) is 1.70. The predicted molar refractivity (Wildman–Crippen MR) is 168 cm³/mol. The molecule has 10 heteroatoms. The zero-order chi connectivity index (χ0) is 30.9. The van der Waals surface area contributed by atoms with Gasteiger partial charge in [0.2, 0.25) is 0 Å². The molecule has 0 radical (unpaired) electrons. The van der Waals surface area contributed by atoms with E-state index in [0.29, 0.717) is 30.6 Å². The first-order chi connectivity index (χ1) is 20.6. The van der Waals surface area contributed by atoms with Gasteiger partial charge in [0.05, 0.1) is 18.7 Å². The Kier molecular flexibility index (Phi) is 10.8. The molecule has 0 fully saturated rings. The van der Waals surface area contributed by atoms with Crippen molar-refractivity contribution < 1.29 is 19.4 Å². The van der Waals surface area contributed by atoms with Crippen LogP contribution in [0.1, 0.15) is 55.0 Å². The fourth-order valence-electron chi connectivity index (χ4n) is 4.62. The van der Waals surface area contributed by atoms with Crippen molar-refractivity contribution in [1.82, 2.24) is 20.5 Å². The van der Waals surface area contributed by atoms with E-state index in [0.717, 1.165) is 37.7 Å². The number of nitrogens with zero attached hydrogens (tertiary/aromatic N) is 3. The van der Waals surface area contributed by atoms with Crippen LogP contribution in [0.25, 0.3) is 5.57 Å². The number of benzene rings is 2. The number of pyridine rings is 1. The van der Waals surface area contributed by atoms with E-state index >= 15 is 0 Å². The standard InChI is InChI=1S/C33H37N5O4S/c1-22(2)28-13-25(18-38(42)19-28)16-34-17-30(39)29(14-24-9-6-5-7-10-24)36-32(40)26-11-8-12-27(15-26)33(41)37(4)20-31-35-23(3)21-43-31/h5-13,15,18-19,21,29-30,34,39H,1,14,16-17,20H2,2-4H3,(H,36,40)/t29-,30+/m0/s1. The maximum absolute atomic E-state index is 13.4. The molecule has 0 saturated heterocycles. The summed E-state index contributed by atoms with van der Waals surface area (Å²) in [5, 5.41) is 32.1. The molecule has 0 aliphatic heterocycles. The number of thiazole rings is 1. The van der Waals surface area contributed by atoms with Crippen molar-refractivity contribution in [2.75, 3.05) is 13.6 Å². The minimum Gasteiger partial charge on any atom is -0.619 e. The van der Waals surface area contributed by atoms with Crippen LogP contribution in [0.15, 0.2) is 85.0 Å². The zero-order valence-corrected chi connectivity index (χ0v) is 25.4. The Morgan fingerprint density at radius 1 is 1.07 bits per heavy atom. The molecule has 0 saturated carbocycles. The Morgan fingerprint density at radius 2 is 1.81 bits per heavy atom. The largest absolute Gasteiger partial charge is 0.619 e. The molecule has 2 aromatic heterocycles. The van der Waals surface area contributed by atoms with Gasteiger partial charge in [0.1, 0.15) is 5.01 Å². The van der Waals surface area contributed by atoms with Crippen LogP contribution < -0.4 is 15.4 Å².